The summed E-state index contributed by atoms with van der Waals surface area (Å²) in [5, 5.41) is 29.8. The molecule has 1 aromatic rings. The van der Waals surface area contributed by atoms with Gasteiger partial charge in [-0.1, -0.05) is 0 Å². The molecule has 0 aliphatic heterocycles. The lowest BCUT2D eigenvalue weighted by Gasteiger charge is -2.09. The summed E-state index contributed by atoms with van der Waals surface area (Å²) >= 11 is 0. The largest absolute Gasteiger partial charge is 0.573 e. The van der Waals surface area contributed by atoms with E-state index in [0.717, 1.165) is 12.1 Å². The Morgan fingerprint density at radius 2 is 2.18 bits per heavy atom. The van der Waals surface area contributed by atoms with Gasteiger partial charge in [-0.3, -0.25) is 20.9 Å². The molecule has 0 fully saturated rings. The summed E-state index contributed by atoms with van der Waals surface area (Å²) in [6.45, 7) is 0. The molecule has 0 spiro atoms. The Kier molecular flexibility index (Phi) is 4.85. The zero-order valence-corrected chi connectivity index (χ0v) is 10.5. The number of nitrogens with zero attached hydrogens (tertiary/aromatic N) is 3. The summed E-state index contributed by atoms with van der Waals surface area (Å²) in [5.74, 6) is -1.48. The Balaban J connectivity index is 3.14. The number of ether oxygens (including phenoxy) is 1. The number of benzene rings is 1. The van der Waals surface area contributed by atoms with Crippen LogP contribution in [0.3, 0.4) is 0 Å². The van der Waals surface area contributed by atoms with Crippen LogP contribution in [0.1, 0.15) is 0 Å². The van der Waals surface area contributed by atoms with Gasteiger partial charge in [0.25, 0.3) is 5.69 Å². The van der Waals surface area contributed by atoms with Crippen LogP contribution in [0.15, 0.2) is 23.3 Å². The van der Waals surface area contributed by atoms with Crippen LogP contribution in [0, 0.1) is 26.9 Å². The van der Waals surface area contributed by atoms with Crippen molar-refractivity contribution >= 4 is 22.9 Å². The van der Waals surface area contributed by atoms with Gasteiger partial charge in [-0.05, 0) is 12.1 Å². The summed E-state index contributed by atoms with van der Waals surface area (Å²) < 4.78 is 39.7. The molecule has 0 bridgehead atoms. The summed E-state index contributed by atoms with van der Waals surface area (Å²) in [7, 11) is 0. The van der Waals surface area contributed by atoms with Crippen molar-refractivity contribution in [2.75, 3.05) is 5.43 Å². The summed E-state index contributed by atoms with van der Waals surface area (Å²) in [6.07, 6.45) is -5.00. The van der Waals surface area contributed by atoms with Gasteiger partial charge in [0.15, 0.2) is 5.84 Å². The van der Waals surface area contributed by atoms with E-state index < -0.39 is 34.3 Å². The van der Waals surface area contributed by atoms with Crippen LogP contribution in [0.2, 0.25) is 0 Å². The maximum atomic E-state index is 12.1. The standard InChI is InChI=1S/C10H7F3N6O3/c11-10(12,13)22-5-1-2-6(8(3-5)19(20)21)17-18-7(4-14)9(15)16/h1-3,17H,(H3,15,16)/b18-7+. The Bertz CT molecular complexity index is 679. The Hall–Kier alpha value is -3.36. The minimum absolute atomic E-state index is 0.312. The fourth-order valence-electron chi connectivity index (χ4n) is 1.22. The number of hydrogen-bond donors (Lipinski definition) is 3. The van der Waals surface area contributed by atoms with Crippen molar-refractivity contribution < 1.29 is 22.8 Å². The van der Waals surface area contributed by atoms with E-state index in [-0.39, 0.29) is 5.69 Å². The fraction of sp³-hybridized carbons (Fsp3) is 0.100. The minimum atomic E-state index is -5.00. The first-order valence-electron chi connectivity index (χ1n) is 5.26. The lowest BCUT2D eigenvalue weighted by molar-refractivity contribution is -0.384. The van der Waals surface area contributed by atoms with E-state index in [1.807, 2.05) is 0 Å². The Morgan fingerprint density at radius 1 is 1.55 bits per heavy atom. The zero-order chi connectivity index (χ0) is 16.9. The molecule has 0 aliphatic carbocycles. The molecular weight excluding hydrogens is 309 g/mol. The van der Waals surface area contributed by atoms with Crippen LogP contribution in [0.5, 0.6) is 5.75 Å². The van der Waals surface area contributed by atoms with Crippen LogP contribution in [0.4, 0.5) is 24.5 Å². The molecule has 0 saturated heterocycles. The van der Waals surface area contributed by atoms with Gasteiger partial charge >= 0.3 is 6.36 Å². The number of halogens is 3. The predicted molar refractivity (Wildman–Crippen MR) is 68.4 cm³/mol. The number of amidine groups is 1. The second kappa shape index (κ2) is 6.39. The number of alkyl halides is 3. The molecule has 0 aliphatic rings. The van der Waals surface area contributed by atoms with E-state index in [0.29, 0.717) is 6.07 Å². The van der Waals surface area contributed by atoms with Crippen LogP contribution >= 0.6 is 0 Å². The highest BCUT2D eigenvalue weighted by Crippen LogP contribution is 2.31. The molecule has 0 aromatic heterocycles. The smallest absolute Gasteiger partial charge is 0.406 e. The van der Waals surface area contributed by atoms with Gasteiger partial charge in [0.2, 0.25) is 5.71 Å². The number of nitro benzene ring substituents is 1. The molecule has 0 atom stereocenters. The van der Waals surface area contributed by atoms with E-state index >= 15 is 0 Å². The van der Waals surface area contributed by atoms with Gasteiger partial charge in [0.05, 0.1) is 11.0 Å². The first-order valence-corrected chi connectivity index (χ1v) is 5.26. The molecule has 0 heterocycles. The second-order valence-corrected chi connectivity index (χ2v) is 3.58. The van der Waals surface area contributed by atoms with Gasteiger partial charge < -0.3 is 10.5 Å². The van der Waals surface area contributed by atoms with Crippen LogP contribution in [-0.4, -0.2) is 22.8 Å². The third-order valence-electron chi connectivity index (χ3n) is 2.05. The molecule has 1 rings (SSSR count). The molecule has 4 N–H and O–H groups in total. The van der Waals surface area contributed by atoms with Crippen molar-refractivity contribution in [3.05, 3.63) is 28.3 Å². The van der Waals surface area contributed by atoms with Gasteiger partial charge in [0, 0.05) is 0 Å². The maximum Gasteiger partial charge on any atom is 0.573 e. The number of nitrogens with two attached hydrogens (primary N) is 1. The normalized spacial score (nSPS) is 11.5. The summed E-state index contributed by atoms with van der Waals surface area (Å²) in [5.41, 5.74) is 5.46. The molecule has 12 heteroatoms. The van der Waals surface area contributed by atoms with Crippen molar-refractivity contribution in [2.45, 2.75) is 6.36 Å². The third-order valence-corrected chi connectivity index (χ3v) is 2.05. The van der Waals surface area contributed by atoms with Gasteiger partial charge in [-0.15, -0.1) is 13.2 Å². The first-order chi connectivity index (χ1) is 10.1. The number of nitrogens with one attached hydrogen (secondary N) is 2. The molecule has 0 amide bonds. The molecule has 22 heavy (non-hydrogen) atoms. The predicted octanol–water partition coefficient (Wildman–Crippen LogP) is 1.72. The van der Waals surface area contributed by atoms with E-state index in [2.05, 4.69) is 15.3 Å². The van der Waals surface area contributed by atoms with Crippen molar-refractivity contribution in [3.8, 4) is 11.8 Å². The van der Waals surface area contributed by atoms with Crippen LogP contribution in [-0.2, 0) is 0 Å². The van der Waals surface area contributed by atoms with Crippen molar-refractivity contribution in [1.29, 1.82) is 10.7 Å². The Morgan fingerprint density at radius 3 is 2.64 bits per heavy atom. The number of hydrogen-bond acceptors (Lipinski definition) is 7. The summed E-state index contributed by atoms with van der Waals surface area (Å²) in [4.78, 5) is 9.86. The highest BCUT2D eigenvalue weighted by atomic mass is 19.4. The number of hydrazone groups is 1. The van der Waals surface area contributed by atoms with Gasteiger partial charge in [-0.25, -0.2) is 0 Å². The maximum absolute atomic E-state index is 12.1. The molecular formula is C10H7F3N6O3. The number of rotatable bonds is 5. The number of anilines is 1. The quantitative estimate of drug-likeness (QED) is 0.325. The topological polar surface area (TPSA) is 150 Å². The fourth-order valence-corrected chi connectivity index (χ4v) is 1.22. The molecule has 0 saturated carbocycles. The van der Waals surface area contributed by atoms with Crippen LogP contribution < -0.4 is 15.9 Å². The SMILES string of the molecule is N#C/C(=N\Nc1ccc(OC(F)(F)F)cc1[N+](=O)[O-])C(=N)N. The van der Waals surface area contributed by atoms with E-state index in [1.54, 1.807) is 0 Å². The minimum Gasteiger partial charge on any atom is -0.406 e. The van der Waals surface area contributed by atoms with Gasteiger partial charge in [0.1, 0.15) is 17.5 Å². The molecule has 0 radical (unpaired) electrons. The first kappa shape index (κ1) is 16.7. The average molecular weight is 316 g/mol. The zero-order valence-electron chi connectivity index (χ0n) is 10.5. The highest BCUT2D eigenvalue weighted by molar-refractivity contribution is 6.45. The van der Waals surface area contributed by atoms with Gasteiger partial charge in [-0.2, -0.15) is 10.4 Å². The average Bonchev–Trinajstić information content (AvgIpc) is 2.38. The lowest BCUT2D eigenvalue weighted by atomic mass is 10.2. The van der Waals surface area contributed by atoms with Crippen molar-refractivity contribution in [2.24, 2.45) is 10.8 Å². The third kappa shape index (κ3) is 4.63. The van der Waals surface area contributed by atoms with Crippen molar-refractivity contribution in [1.82, 2.24) is 0 Å². The monoisotopic (exact) mass is 316 g/mol. The van der Waals surface area contributed by atoms with Crippen molar-refractivity contribution in [3.63, 3.8) is 0 Å². The molecule has 116 valence electrons. The number of nitriles is 1. The molecule has 9 nitrogen and oxygen atoms in total. The molecule has 1 aromatic carbocycles. The highest BCUT2D eigenvalue weighted by Gasteiger charge is 2.32. The lowest BCUT2D eigenvalue weighted by Crippen LogP contribution is -2.22. The van der Waals surface area contributed by atoms with Crippen LogP contribution in [0.25, 0.3) is 0 Å². The Labute approximate surface area is 120 Å². The van der Waals surface area contributed by atoms with E-state index in [1.165, 1.54) is 6.07 Å². The second-order valence-electron chi connectivity index (χ2n) is 3.58. The molecule has 0 unspecified atom stereocenters. The van der Waals surface area contributed by atoms with E-state index in [4.69, 9.17) is 16.4 Å². The summed E-state index contributed by atoms with van der Waals surface area (Å²) in [6, 6.07) is 3.71. The number of nitro groups is 1. The van der Waals surface area contributed by atoms with E-state index in [9.17, 15) is 23.3 Å².